The van der Waals surface area contributed by atoms with Crippen LogP contribution in [0.4, 0.5) is 8.78 Å². The first-order valence-electron chi connectivity index (χ1n) is 2.83. The molecule has 0 aromatic rings. The number of alkyl halides is 2. The average Bonchev–Trinajstić information content (AvgIpc) is 2.35. The van der Waals surface area contributed by atoms with Gasteiger partial charge in [-0.15, -0.1) is 12.4 Å². The first-order valence-corrected chi connectivity index (χ1v) is 2.83. The molecule has 1 aliphatic carbocycles. The fourth-order valence-corrected chi connectivity index (χ4v) is 1.31. The van der Waals surface area contributed by atoms with Gasteiger partial charge in [-0.25, -0.2) is 8.78 Å². The molecule has 1 saturated heterocycles. The quantitative estimate of drug-likeness (QED) is 0.519. The number of fused-ring (bicyclic) bond motifs is 1. The minimum atomic E-state index is -1.06. The van der Waals surface area contributed by atoms with Crippen molar-refractivity contribution in [1.29, 1.82) is 0 Å². The van der Waals surface area contributed by atoms with Gasteiger partial charge >= 0.3 is 0 Å². The third-order valence-corrected chi connectivity index (χ3v) is 1.96. The van der Waals surface area contributed by atoms with Gasteiger partial charge in [0.1, 0.15) is 0 Å². The van der Waals surface area contributed by atoms with Crippen molar-refractivity contribution in [3.63, 3.8) is 0 Å². The summed E-state index contributed by atoms with van der Waals surface area (Å²) in [5.74, 6) is 0.00926. The van der Waals surface area contributed by atoms with Crippen molar-refractivity contribution in [3.05, 3.63) is 0 Å². The highest BCUT2D eigenvalue weighted by molar-refractivity contribution is 5.85. The van der Waals surface area contributed by atoms with E-state index in [0.717, 1.165) is 6.42 Å². The highest BCUT2D eigenvalue weighted by Crippen LogP contribution is 2.49. The van der Waals surface area contributed by atoms with Crippen molar-refractivity contribution in [1.82, 2.24) is 5.32 Å². The van der Waals surface area contributed by atoms with E-state index in [4.69, 9.17) is 0 Å². The highest BCUT2D eigenvalue weighted by Gasteiger charge is 2.55. The first-order chi connectivity index (χ1) is 3.79. The van der Waals surface area contributed by atoms with Gasteiger partial charge in [0.25, 0.3) is 0 Å². The molecule has 4 heteroatoms. The third kappa shape index (κ3) is 0.923. The molecule has 1 aliphatic heterocycles. The second kappa shape index (κ2) is 2.06. The Kier molecular flexibility index (Phi) is 1.65. The fourth-order valence-electron chi connectivity index (χ4n) is 1.31. The summed E-state index contributed by atoms with van der Waals surface area (Å²) < 4.78 is 24.5. The van der Waals surface area contributed by atoms with E-state index >= 15 is 0 Å². The molecule has 9 heavy (non-hydrogen) atoms. The van der Waals surface area contributed by atoms with Crippen molar-refractivity contribution < 1.29 is 8.78 Å². The van der Waals surface area contributed by atoms with Gasteiger partial charge in [-0.1, -0.05) is 0 Å². The molecule has 1 N–H and O–H groups in total. The van der Waals surface area contributed by atoms with E-state index in [1.807, 2.05) is 0 Å². The minimum Gasteiger partial charge on any atom is -0.257 e. The molecule has 0 amide bonds. The van der Waals surface area contributed by atoms with Crippen LogP contribution in [0.5, 0.6) is 0 Å². The molecule has 54 valence electrons. The van der Waals surface area contributed by atoms with Crippen molar-refractivity contribution in [2.45, 2.75) is 19.0 Å². The normalized spacial score (nSPS) is 54.0. The van der Waals surface area contributed by atoms with Gasteiger partial charge in [0, 0.05) is 11.8 Å². The molecule has 4 atom stereocenters. The molecule has 1 saturated carbocycles. The summed E-state index contributed by atoms with van der Waals surface area (Å²) >= 11 is 0. The summed E-state index contributed by atoms with van der Waals surface area (Å²) in [7, 11) is 0. The van der Waals surface area contributed by atoms with Gasteiger partial charge in [-0.2, -0.15) is 0 Å². The Morgan fingerprint density at radius 3 is 1.67 bits per heavy atom. The summed E-state index contributed by atoms with van der Waals surface area (Å²) in [6, 6.07) is 0. The minimum absolute atomic E-state index is 0. The fraction of sp³-hybridized carbons (Fsp3) is 1.00. The topological polar surface area (TPSA) is 12.0 Å². The van der Waals surface area contributed by atoms with E-state index < -0.39 is 12.6 Å². The number of hydrogen-bond donors (Lipinski definition) is 1. The maximum absolute atomic E-state index is 12.3. The lowest BCUT2D eigenvalue weighted by molar-refractivity contribution is 0.199. The summed E-state index contributed by atoms with van der Waals surface area (Å²) in [4.78, 5) is 0. The molecule has 0 aromatic carbocycles. The standard InChI is InChI=1S/C5H7F2N.ClH/c6-4-2-1-3(2)5(7)8-4;/h2-5,8H,1H2;1H. The summed E-state index contributed by atoms with van der Waals surface area (Å²) in [5, 5.41) is 2.18. The summed E-state index contributed by atoms with van der Waals surface area (Å²) in [6.07, 6.45) is -1.38. The zero-order chi connectivity index (χ0) is 5.72. The zero-order valence-corrected chi connectivity index (χ0v) is 5.50. The molecule has 4 unspecified atom stereocenters. The number of piperidine rings is 1. The zero-order valence-electron chi connectivity index (χ0n) is 4.68. The summed E-state index contributed by atoms with van der Waals surface area (Å²) in [5.41, 5.74) is 0. The van der Waals surface area contributed by atoms with Crippen LogP contribution in [0.2, 0.25) is 0 Å². The van der Waals surface area contributed by atoms with E-state index in [9.17, 15) is 8.78 Å². The van der Waals surface area contributed by atoms with E-state index in [-0.39, 0.29) is 24.2 Å². The number of rotatable bonds is 0. The van der Waals surface area contributed by atoms with Crippen LogP contribution in [0.3, 0.4) is 0 Å². The third-order valence-electron chi connectivity index (χ3n) is 1.96. The van der Waals surface area contributed by atoms with Gasteiger partial charge in [0.05, 0.1) is 0 Å². The molecule has 1 nitrogen and oxygen atoms in total. The van der Waals surface area contributed by atoms with Gasteiger partial charge < -0.3 is 0 Å². The van der Waals surface area contributed by atoms with Gasteiger partial charge in [0.2, 0.25) is 0 Å². The predicted molar refractivity (Wildman–Crippen MR) is 31.8 cm³/mol. The largest absolute Gasteiger partial charge is 0.257 e. The van der Waals surface area contributed by atoms with E-state index in [2.05, 4.69) is 5.32 Å². The second-order valence-electron chi connectivity index (χ2n) is 2.53. The average molecular weight is 156 g/mol. The lowest BCUT2D eigenvalue weighted by atomic mass is 10.4. The molecule has 0 aromatic heterocycles. The van der Waals surface area contributed by atoms with Crippen LogP contribution in [-0.4, -0.2) is 12.6 Å². The van der Waals surface area contributed by atoms with Crippen LogP contribution in [-0.2, 0) is 0 Å². The monoisotopic (exact) mass is 155 g/mol. The SMILES string of the molecule is Cl.FC1NC(F)C2CC12. The Bertz CT molecular complexity index is 106. The Morgan fingerprint density at radius 1 is 1.11 bits per heavy atom. The summed E-state index contributed by atoms with van der Waals surface area (Å²) in [6.45, 7) is 0. The smallest absolute Gasteiger partial charge is 0.156 e. The highest BCUT2D eigenvalue weighted by atomic mass is 35.5. The first kappa shape index (κ1) is 7.22. The van der Waals surface area contributed by atoms with Crippen LogP contribution in [0.25, 0.3) is 0 Å². The molecular weight excluding hydrogens is 148 g/mol. The van der Waals surface area contributed by atoms with E-state index in [1.54, 1.807) is 0 Å². The van der Waals surface area contributed by atoms with E-state index in [0.29, 0.717) is 0 Å². The Morgan fingerprint density at radius 2 is 1.56 bits per heavy atom. The molecule has 0 bridgehead atoms. The van der Waals surface area contributed by atoms with Crippen LogP contribution >= 0.6 is 12.4 Å². The number of hydrogen-bond acceptors (Lipinski definition) is 1. The lowest BCUT2D eigenvalue weighted by Gasteiger charge is -2.02. The van der Waals surface area contributed by atoms with Gasteiger partial charge in [-0.3, -0.25) is 5.32 Å². The van der Waals surface area contributed by atoms with Crippen molar-refractivity contribution in [2.24, 2.45) is 11.8 Å². The second-order valence-corrected chi connectivity index (χ2v) is 2.53. The molecule has 2 aliphatic rings. The molecular formula is C5H8ClF2N. The molecule has 2 rings (SSSR count). The van der Waals surface area contributed by atoms with Crippen LogP contribution in [0.1, 0.15) is 6.42 Å². The van der Waals surface area contributed by atoms with Crippen LogP contribution in [0.15, 0.2) is 0 Å². The number of nitrogens with one attached hydrogen (secondary N) is 1. The molecule has 0 radical (unpaired) electrons. The van der Waals surface area contributed by atoms with Crippen molar-refractivity contribution in [3.8, 4) is 0 Å². The molecule has 2 fully saturated rings. The van der Waals surface area contributed by atoms with Crippen LogP contribution < -0.4 is 5.32 Å². The molecule has 0 spiro atoms. The van der Waals surface area contributed by atoms with Gasteiger partial charge in [-0.05, 0) is 6.42 Å². The Hall–Kier alpha value is 0.110. The maximum Gasteiger partial charge on any atom is 0.156 e. The molecule has 1 heterocycles. The van der Waals surface area contributed by atoms with Crippen LogP contribution in [0, 0.1) is 11.8 Å². The predicted octanol–water partition coefficient (Wildman–Crippen LogP) is 1.24. The van der Waals surface area contributed by atoms with Gasteiger partial charge in [0.15, 0.2) is 12.6 Å². The number of halogens is 3. The lowest BCUT2D eigenvalue weighted by Crippen LogP contribution is -2.27. The van der Waals surface area contributed by atoms with E-state index in [1.165, 1.54) is 0 Å². The van der Waals surface area contributed by atoms with Crippen molar-refractivity contribution >= 4 is 12.4 Å². The maximum atomic E-state index is 12.3. The van der Waals surface area contributed by atoms with Crippen molar-refractivity contribution in [2.75, 3.05) is 0 Å². The Balaban J connectivity index is 0.000000405. The Labute approximate surface area is 58.2 Å².